The lowest BCUT2D eigenvalue weighted by Crippen LogP contribution is -2.65. The van der Waals surface area contributed by atoms with Crippen LogP contribution in [0.15, 0.2) is 12.2 Å². The van der Waals surface area contributed by atoms with Gasteiger partial charge in [-0.25, -0.2) is 0 Å². The van der Waals surface area contributed by atoms with Gasteiger partial charge in [0, 0.05) is 6.42 Å². The minimum Gasteiger partial charge on any atom is -0.394 e. The molecule has 79 heavy (non-hydrogen) atoms. The van der Waals surface area contributed by atoms with Crippen molar-refractivity contribution in [3.63, 3.8) is 0 Å². The first-order chi connectivity index (χ1) is 38.6. The standard InChI is InChI=1S/C65H125NO13/c1-3-5-7-9-11-12-13-14-15-16-17-18-19-20-21-22-23-24-25-26-27-28-29-30-31-32-33-34-35-36-37-38-39-40-41-42-43-45-47-49-57(70)66-53(54(69)48-46-44-10-8-6-4-2)52-76-64-62(75)60(73)63(56(51-68)78-64)79-65-61(74)59(72)58(71)55(50-67)77-65/h46,48,53-56,58-65,67-69,71-75H,3-45,47,49-52H2,1-2H3,(H,66,70)/b48-46+. The molecule has 468 valence electrons. The summed E-state index contributed by atoms with van der Waals surface area (Å²) in [6.45, 7) is 2.73. The first kappa shape index (κ1) is 73.8. The first-order valence-corrected chi connectivity index (χ1v) is 33.4. The van der Waals surface area contributed by atoms with Gasteiger partial charge in [-0.2, -0.15) is 0 Å². The molecular formula is C65H125NO13. The molecule has 0 radical (unpaired) electrons. The highest BCUT2D eigenvalue weighted by Crippen LogP contribution is 2.30. The molecule has 0 aromatic rings. The van der Waals surface area contributed by atoms with Gasteiger partial charge in [-0.1, -0.05) is 289 Å². The SMILES string of the molecule is CCCCCC/C=C/C(O)C(COC1OC(CO)C(OC2OC(CO)C(O)C(O)C2O)C(O)C1O)NC(=O)CCCCCCCCCCCCCCCCCCCCCCCCCCCCCCCCCCCCCCCCC. The number of ether oxygens (including phenoxy) is 4. The normalized spacial score (nSPS) is 24.4. The van der Waals surface area contributed by atoms with Crippen molar-refractivity contribution in [1.29, 1.82) is 0 Å². The van der Waals surface area contributed by atoms with E-state index in [1.54, 1.807) is 6.08 Å². The van der Waals surface area contributed by atoms with Crippen molar-refractivity contribution < 1.29 is 64.6 Å². The maximum Gasteiger partial charge on any atom is 0.220 e. The Morgan fingerprint density at radius 1 is 0.443 bits per heavy atom. The summed E-state index contributed by atoms with van der Waals surface area (Å²) in [5, 5.41) is 86.6. The van der Waals surface area contributed by atoms with Crippen molar-refractivity contribution in [3.05, 3.63) is 12.2 Å². The second kappa shape index (κ2) is 51.2. The van der Waals surface area contributed by atoms with E-state index in [2.05, 4.69) is 19.2 Å². The van der Waals surface area contributed by atoms with Crippen LogP contribution in [0.1, 0.15) is 303 Å². The molecule has 2 heterocycles. The zero-order valence-electron chi connectivity index (χ0n) is 50.6. The zero-order chi connectivity index (χ0) is 57.4. The third-order valence-corrected chi connectivity index (χ3v) is 16.7. The van der Waals surface area contributed by atoms with E-state index in [-0.39, 0.29) is 18.9 Å². The number of hydrogen-bond acceptors (Lipinski definition) is 13. The van der Waals surface area contributed by atoms with Gasteiger partial charge < -0.3 is 65.1 Å². The second-order valence-corrected chi connectivity index (χ2v) is 24.0. The van der Waals surface area contributed by atoms with Gasteiger partial charge in [0.2, 0.25) is 5.91 Å². The number of aliphatic hydroxyl groups excluding tert-OH is 8. The Labute approximate surface area is 482 Å². The lowest BCUT2D eigenvalue weighted by Gasteiger charge is -2.46. The third kappa shape index (κ3) is 36.2. The summed E-state index contributed by atoms with van der Waals surface area (Å²) in [5.41, 5.74) is 0. The minimum atomic E-state index is -1.78. The van der Waals surface area contributed by atoms with Crippen LogP contribution in [-0.4, -0.2) is 140 Å². The van der Waals surface area contributed by atoms with Crippen molar-refractivity contribution >= 4 is 5.91 Å². The average molecular weight is 1130 g/mol. The Kier molecular flexibility index (Phi) is 47.8. The maximum absolute atomic E-state index is 13.2. The van der Waals surface area contributed by atoms with Gasteiger partial charge in [0.15, 0.2) is 12.6 Å². The van der Waals surface area contributed by atoms with Crippen LogP contribution < -0.4 is 5.32 Å². The number of carbonyl (C=O) groups excluding carboxylic acids is 1. The molecule has 2 aliphatic heterocycles. The van der Waals surface area contributed by atoms with Gasteiger partial charge in [0.1, 0.15) is 48.8 Å². The molecule has 14 nitrogen and oxygen atoms in total. The summed E-state index contributed by atoms with van der Waals surface area (Å²) in [6, 6.07) is -0.907. The second-order valence-electron chi connectivity index (χ2n) is 24.0. The number of unbranched alkanes of at least 4 members (excludes halogenated alkanes) is 42. The van der Waals surface area contributed by atoms with Gasteiger partial charge >= 0.3 is 0 Å². The third-order valence-electron chi connectivity index (χ3n) is 16.7. The van der Waals surface area contributed by atoms with Gasteiger partial charge in [0.05, 0.1) is 32.0 Å². The number of rotatable bonds is 55. The first-order valence-electron chi connectivity index (χ1n) is 33.4. The van der Waals surface area contributed by atoms with E-state index in [0.29, 0.717) is 6.42 Å². The van der Waals surface area contributed by atoms with Crippen LogP contribution in [0.25, 0.3) is 0 Å². The number of amides is 1. The van der Waals surface area contributed by atoms with Crippen LogP contribution in [0.2, 0.25) is 0 Å². The molecule has 1 amide bonds. The highest BCUT2D eigenvalue weighted by atomic mass is 16.7. The topological polar surface area (TPSA) is 228 Å². The van der Waals surface area contributed by atoms with Crippen LogP contribution in [-0.2, 0) is 23.7 Å². The fraction of sp³-hybridized carbons (Fsp3) is 0.954. The molecule has 12 atom stereocenters. The Morgan fingerprint density at radius 3 is 1.16 bits per heavy atom. The van der Waals surface area contributed by atoms with E-state index >= 15 is 0 Å². The predicted octanol–water partition coefficient (Wildman–Crippen LogP) is 12.6. The van der Waals surface area contributed by atoms with E-state index in [1.165, 1.54) is 225 Å². The van der Waals surface area contributed by atoms with Crippen LogP contribution in [0, 0.1) is 0 Å². The molecule has 12 unspecified atom stereocenters. The Bertz CT molecular complexity index is 1380. The molecule has 2 rings (SSSR count). The van der Waals surface area contributed by atoms with Crippen molar-refractivity contribution in [2.45, 2.75) is 376 Å². The van der Waals surface area contributed by atoms with E-state index < -0.39 is 86.8 Å². The van der Waals surface area contributed by atoms with E-state index in [4.69, 9.17) is 18.9 Å². The number of hydrogen-bond donors (Lipinski definition) is 9. The molecule has 0 saturated carbocycles. The number of nitrogens with one attached hydrogen (secondary N) is 1. The largest absolute Gasteiger partial charge is 0.394 e. The maximum atomic E-state index is 13.2. The van der Waals surface area contributed by atoms with Crippen LogP contribution >= 0.6 is 0 Å². The van der Waals surface area contributed by atoms with Crippen LogP contribution in [0.4, 0.5) is 0 Å². The van der Waals surface area contributed by atoms with Crippen molar-refractivity contribution in [3.8, 4) is 0 Å². The molecule has 2 saturated heterocycles. The molecule has 2 fully saturated rings. The molecule has 0 aromatic heterocycles. The lowest BCUT2D eigenvalue weighted by atomic mass is 9.97. The number of allylic oxidation sites excluding steroid dienone is 1. The Balaban J connectivity index is 1.46. The lowest BCUT2D eigenvalue weighted by molar-refractivity contribution is -0.359. The summed E-state index contributed by atoms with van der Waals surface area (Å²) in [4.78, 5) is 13.2. The van der Waals surface area contributed by atoms with E-state index in [1.807, 2.05) is 6.08 Å². The van der Waals surface area contributed by atoms with Crippen molar-refractivity contribution in [2.75, 3.05) is 19.8 Å². The Hall–Kier alpha value is -1.27. The summed E-state index contributed by atoms with van der Waals surface area (Å²) < 4.78 is 22.7. The fourth-order valence-corrected chi connectivity index (χ4v) is 11.4. The summed E-state index contributed by atoms with van der Waals surface area (Å²) in [5.74, 6) is -0.239. The average Bonchev–Trinajstić information content (AvgIpc) is 3.48. The zero-order valence-corrected chi connectivity index (χ0v) is 50.6. The summed E-state index contributed by atoms with van der Waals surface area (Å²) in [6.07, 6.45) is 45.2. The molecule has 0 bridgehead atoms. The van der Waals surface area contributed by atoms with Gasteiger partial charge in [-0.05, 0) is 19.3 Å². The minimum absolute atomic E-state index is 0.239. The van der Waals surface area contributed by atoms with E-state index in [9.17, 15) is 45.6 Å². The van der Waals surface area contributed by atoms with Crippen LogP contribution in [0.5, 0.6) is 0 Å². The van der Waals surface area contributed by atoms with Gasteiger partial charge in [-0.3, -0.25) is 4.79 Å². The number of carbonyl (C=O) groups is 1. The number of aliphatic hydroxyl groups is 8. The van der Waals surface area contributed by atoms with Gasteiger partial charge in [-0.15, -0.1) is 0 Å². The molecular weight excluding hydrogens is 1000 g/mol. The quantitative estimate of drug-likeness (QED) is 0.0204. The predicted molar refractivity (Wildman–Crippen MR) is 319 cm³/mol. The summed E-state index contributed by atoms with van der Waals surface area (Å²) >= 11 is 0. The molecule has 0 aromatic carbocycles. The van der Waals surface area contributed by atoms with Crippen LogP contribution in [0.3, 0.4) is 0 Å². The molecule has 9 N–H and O–H groups in total. The van der Waals surface area contributed by atoms with E-state index in [0.717, 1.165) is 51.4 Å². The summed E-state index contributed by atoms with van der Waals surface area (Å²) in [7, 11) is 0. The molecule has 14 heteroatoms. The Morgan fingerprint density at radius 2 is 0.785 bits per heavy atom. The highest BCUT2D eigenvalue weighted by Gasteiger charge is 2.51. The van der Waals surface area contributed by atoms with Crippen molar-refractivity contribution in [2.24, 2.45) is 0 Å². The fourth-order valence-electron chi connectivity index (χ4n) is 11.4. The smallest absolute Gasteiger partial charge is 0.220 e. The van der Waals surface area contributed by atoms with Crippen molar-refractivity contribution in [1.82, 2.24) is 5.32 Å². The molecule has 2 aliphatic rings. The molecule has 0 aliphatic carbocycles. The monoisotopic (exact) mass is 1130 g/mol. The highest BCUT2D eigenvalue weighted by molar-refractivity contribution is 5.76. The molecule has 0 spiro atoms. The van der Waals surface area contributed by atoms with Gasteiger partial charge in [0.25, 0.3) is 0 Å².